The van der Waals surface area contributed by atoms with E-state index in [1.807, 2.05) is 39.8 Å². The third-order valence-corrected chi connectivity index (χ3v) is 7.27. The summed E-state index contributed by atoms with van der Waals surface area (Å²) in [6.45, 7) is 9.24. The molecule has 30 heavy (non-hydrogen) atoms. The number of aryl methyl sites for hydroxylation is 1. The molecule has 1 aromatic heterocycles. The maximum absolute atomic E-state index is 13.4. The van der Waals surface area contributed by atoms with Crippen molar-refractivity contribution in [3.63, 3.8) is 0 Å². The second-order valence-corrected chi connectivity index (χ2v) is 10.6. The van der Waals surface area contributed by atoms with E-state index in [2.05, 4.69) is 4.98 Å². The number of hydrogen-bond acceptors (Lipinski definition) is 5. The van der Waals surface area contributed by atoms with Gasteiger partial charge in [0.25, 0.3) is 0 Å². The summed E-state index contributed by atoms with van der Waals surface area (Å²) in [6.07, 6.45) is 5.07. The van der Waals surface area contributed by atoms with Crippen LogP contribution in [0, 0.1) is 6.92 Å². The minimum absolute atomic E-state index is 0.335. The lowest BCUT2D eigenvalue weighted by Crippen LogP contribution is -2.38. The summed E-state index contributed by atoms with van der Waals surface area (Å²) in [5.41, 5.74) is 0.193. The monoisotopic (exact) mass is 433 g/mol. The molecule has 1 aromatic carbocycles. The van der Waals surface area contributed by atoms with Crippen molar-refractivity contribution in [1.29, 1.82) is 0 Å². The molecule has 3 rings (SSSR count). The number of hydrogen-bond donors (Lipinski definition) is 0. The van der Waals surface area contributed by atoms with Crippen molar-refractivity contribution in [2.24, 2.45) is 0 Å². The fourth-order valence-electron chi connectivity index (χ4n) is 3.72. The number of nitrogens with zero attached hydrogens (tertiary/aromatic N) is 3. The predicted molar refractivity (Wildman–Crippen MR) is 117 cm³/mol. The smallest absolute Gasteiger partial charge is 0.410 e. The molecule has 164 valence electrons. The van der Waals surface area contributed by atoms with Crippen LogP contribution < -0.4 is 0 Å². The normalized spacial score (nSPS) is 17.3. The lowest BCUT2D eigenvalue weighted by molar-refractivity contribution is 0.0248. The molecule has 1 fully saturated rings. The Kier molecular flexibility index (Phi) is 6.67. The van der Waals surface area contributed by atoms with Crippen LogP contribution >= 0.6 is 0 Å². The number of aromatic nitrogens is 1. The van der Waals surface area contributed by atoms with E-state index in [9.17, 15) is 13.2 Å². The Morgan fingerprint density at radius 3 is 2.43 bits per heavy atom. The summed E-state index contributed by atoms with van der Waals surface area (Å²) in [5.74, 6) is 0. The van der Waals surface area contributed by atoms with Gasteiger partial charge in [0.15, 0.2) is 0 Å². The Bertz CT molecular complexity index is 1010. The lowest BCUT2D eigenvalue weighted by Gasteiger charge is -2.27. The Labute approximate surface area is 179 Å². The van der Waals surface area contributed by atoms with Crippen LogP contribution in [0.4, 0.5) is 4.79 Å². The minimum Gasteiger partial charge on any atom is -0.444 e. The molecule has 0 atom stereocenters. The van der Waals surface area contributed by atoms with Gasteiger partial charge in [0.1, 0.15) is 5.60 Å². The highest BCUT2D eigenvalue weighted by Gasteiger charge is 2.28. The van der Waals surface area contributed by atoms with E-state index in [0.717, 1.165) is 22.8 Å². The summed E-state index contributed by atoms with van der Waals surface area (Å²) in [4.78, 5) is 18.6. The van der Waals surface area contributed by atoms with Crippen LogP contribution in [0.1, 0.15) is 45.6 Å². The summed E-state index contributed by atoms with van der Waals surface area (Å²) in [7, 11) is -3.63. The molecule has 2 heterocycles. The molecular formula is C22H31N3O4S. The Morgan fingerprint density at radius 2 is 1.70 bits per heavy atom. The summed E-state index contributed by atoms with van der Waals surface area (Å²) >= 11 is 0. The molecule has 1 amide bonds. The van der Waals surface area contributed by atoms with Gasteiger partial charge in [0.05, 0.1) is 4.90 Å². The van der Waals surface area contributed by atoms with Crippen LogP contribution in [0.2, 0.25) is 0 Å². The van der Waals surface area contributed by atoms with E-state index in [0.29, 0.717) is 43.9 Å². The molecule has 0 unspecified atom stereocenters. The van der Waals surface area contributed by atoms with Gasteiger partial charge >= 0.3 is 6.09 Å². The SMILES string of the molecule is Cc1c(S(=O)(=O)N2CCCCN(C(=O)OC(C)(C)C)CCC2)ccc2cnccc12. The molecule has 7 nitrogen and oxygen atoms in total. The Hall–Kier alpha value is -2.19. The first-order valence-corrected chi connectivity index (χ1v) is 11.8. The highest BCUT2D eigenvalue weighted by Crippen LogP contribution is 2.27. The van der Waals surface area contributed by atoms with Crippen LogP contribution in [0.3, 0.4) is 0 Å². The van der Waals surface area contributed by atoms with Gasteiger partial charge in [-0.05, 0) is 70.0 Å². The second kappa shape index (κ2) is 8.89. The maximum Gasteiger partial charge on any atom is 0.410 e. The number of sulfonamides is 1. The van der Waals surface area contributed by atoms with Crippen molar-refractivity contribution in [2.45, 2.75) is 57.5 Å². The predicted octanol–water partition coefficient (Wildman–Crippen LogP) is 3.95. The van der Waals surface area contributed by atoms with Gasteiger partial charge in [0, 0.05) is 44.0 Å². The second-order valence-electron chi connectivity index (χ2n) is 8.72. The van der Waals surface area contributed by atoms with E-state index < -0.39 is 15.6 Å². The van der Waals surface area contributed by atoms with E-state index in [1.54, 1.807) is 27.7 Å². The lowest BCUT2D eigenvalue weighted by atomic mass is 10.1. The van der Waals surface area contributed by atoms with Gasteiger partial charge in [-0.25, -0.2) is 13.2 Å². The summed E-state index contributed by atoms with van der Waals surface area (Å²) in [6, 6.07) is 5.33. The average molecular weight is 434 g/mol. The Balaban J connectivity index is 1.78. The topological polar surface area (TPSA) is 79.8 Å². The zero-order valence-electron chi connectivity index (χ0n) is 18.2. The van der Waals surface area contributed by atoms with Crippen LogP contribution in [-0.4, -0.2) is 60.5 Å². The fourth-order valence-corrected chi connectivity index (χ4v) is 5.48. The first kappa shape index (κ1) is 22.5. The number of ether oxygens (including phenoxy) is 1. The number of carbonyl (C=O) groups excluding carboxylic acids is 1. The zero-order chi connectivity index (χ0) is 21.9. The van der Waals surface area contributed by atoms with E-state index in [-0.39, 0.29) is 6.09 Å². The minimum atomic E-state index is -3.63. The highest BCUT2D eigenvalue weighted by molar-refractivity contribution is 7.89. The molecule has 0 N–H and O–H groups in total. The molecule has 0 aliphatic carbocycles. The van der Waals surface area contributed by atoms with E-state index in [1.165, 1.54) is 0 Å². The number of benzene rings is 1. The van der Waals surface area contributed by atoms with Gasteiger partial charge in [-0.15, -0.1) is 0 Å². The number of amides is 1. The summed E-state index contributed by atoms with van der Waals surface area (Å²) < 4.78 is 33.9. The van der Waals surface area contributed by atoms with Gasteiger partial charge in [0.2, 0.25) is 10.0 Å². The van der Waals surface area contributed by atoms with Crippen LogP contribution in [0.15, 0.2) is 35.5 Å². The fraction of sp³-hybridized carbons (Fsp3) is 0.545. The van der Waals surface area contributed by atoms with E-state index >= 15 is 0 Å². The van der Waals surface area contributed by atoms with Crippen LogP contribution in [0.25, 0.3) is 10.8 Å². The molecule has 0 radical (unpaired) electrons. The molecule has 1 saturated heterocycles. The first-order chi connectivity index (χ1) is 14.1. The number of carbonyl (C=O) groups is 1. The molecule has 0 bridgehead atoms. The Morgan fingerprint density at radius 1 is 1.03 bits per heavy atom. The van der Waals surface area contributed by atoms with Gasteiger partial charge in [-0.2, -0.15) is 4.31 Å². The highest BCUT2D eigenvalue weighted by atomic mass is 32.2. The number of fused-ring (bicyclic) bond motifs is 1. The molecule has 1 aliphatic heterocycles. The largest absolute Gasteiger partial charge is 0.444 e. The third-order valence-electron chi connectivity index (χ3n) is 5.23. The third kappa shape index (κ3) is 5.10. The summed E-state index contributed by atoms with van der Waals surface area (Å²) in [5, 5.41) is 1.82. The molecule has 2 aromatic rings. The number of rotatable bonds is 2. The molecule has 1 aliphatic rings. The molecule has 0 spiro atoms. The maximum atomic E-state index is 13.4. The molecule has 0 saturated carbocycles. The van der Waals surface area contributed by atoms with Crippen molar-refractivity contribution in [3.05, 3.63) is 36.2 Å². The van der Waals surface area contributed by atoms with Crippen LogP contribution in [-0.2, 0) is 14.8 Å². The van der Waals surface area contributed by atoms with E-state index in [4.69, 9.17) is 4.74 Å². The van der Waals surface area contributed by atoms with Crippen molar-refractivity contribution in [2.75, 3.05) is 26.2 Å². The van der Waals surface area contributed by atoms with Gasteiger partial charge in [-0.3, -0.25) is 4.98 Å². The van der Waals surface area contributed by atoms with Crippen LogP contribution in [0.5, 0.6) is 0 Å². The standard InChI is InChI=1S/C22H31N3O4S/c1-17-19-10-11-23-16-18(19)8-9-20(17)30(27,28)25-14-6-5-12-24(13-7-15-25)21(26)29-22(2,3)4/h8-11,16H,5-7,12-15H2,1-4H3. The van der Waals surface area contributed by atoms with Crippen molar-refractivity contribution in [3.8, 4) is 0 Å². The first-order valence-electron chi connectivity index (χ1n) is 10.4. The van der Waals surface area contributed by atoms with Crippen molar-refractivity contribution < 1.29 is 17.9 Å². The zero-order valence-corrected chi connectivity index (χ0v) is 19.0. The van der Waals surface area contributed by atoms with Gasteiger partial charge < -0.3 is 9.64 Å². The van der Waals surface area contributed by atoms with Crippen molar-refractivity contribution in [1.82, 2.24) is 14.2 Å². The molecule has 8 heteroatoms. The quantitative estimate of drug-likeness (QED) is 0.716. The van der Waals surface area contributed by atoms with Gasteiger partial charge in [-0.1, -0.05) is 6.07 Å². The number of pyridine rings is 1. The molecular weight excluding hydrogens is 402 g/mol. The average Bonchev–Trinajstić information content (AvgIpc) is 2.79. The van der Waals surface area contributed by atoms with Crippen molar-refractivity contribution >= 4 is 26.9 Å².